The van der Waals surface area contributed by atoms with Crippen molar-refractivity contribution in [3.63, 3.8) is 0 Å². The van der Waals surface area contributed by atoms with Crippen molar-refractivity contribution in [1.29, 1.82) is 0 Å². The molecule has 1 aliphatic carbocycles. The minimum Gasteiger partial charge on any atom is -0.379 e. The third kappa shape index (κ3) is 7.35. The summed E-state index contributed by atoms with van der Waals surface area (Å²) in [7, 11) is 0. The number of ether oxygens (including phenoxy) is 1. The van der Waals surface area contributed by atoms with Gasteiger partial charge in [0.1, 0.15) is 0 Å². The largest absolute Gasteiger partial charge is 0.379 e. The maximum absolute atomic E-state index is 5.82. The van der Waals surface area contributed by atoms with Crippen LogP contribution in [0.1, 0.15) is 50.6 Å². The van der Waals surface area contributed by atoms with E-state index in [1.54, 1.807) is 0 Å². The van der Waals surface area contributed by atoms with Crippen LogP contribution in [0, 0.1) is 0 Å². The highest BCUT2D eigenvalue weighted by Gasteiger charge is 2.18. The first-order valence-corrected chi connectivity index (χ1v) is 11.0. The van der Waals surface area contributed by atoms with E-state index in [9.17, 15) is 0 Å². The van der Waals surface area contributed by atoms with Crippen molar-refractivity contribution in [3.8, 4) is 0 Å². The van der Waals surface area contributed by atoms with E-state index in [2.05, 4.69) is 32.2 Å². The van der Waals surface area contributed by atoms with E-state index in [1.165, 1.54) is 38.5 Å². The second-order valence-electron chi connectivity index (χ2n) is 7.69. The zero-order valence-electron chi connectivity index (χ0n) is 16.4. The Morgan fingerprint density at radius 2 is 1.96 bits per heavy atom. The van der Waals surface area contributed by atoms with Crippen molar-refractivity contribution in [2.75, 3.05) is 39.4 Å². The number of rotatable bonds is 7. The first kappa shape index (κ1) is 20.5. The molecule has 0 radical (unpaired) electrons. The Morgan fingerprint density at radius 3 is 2.67 bits per heavy atom. The molecule has 0 spiro atoms. The summed E-state index contributed by atoms with van der Waals surface area (Å²) in [5.74, 6) is 0. The van der Waals surface area contributed by atoms with Crippen LogP contribution in [-0.2, 0) is 11.3 Å². The SMILES string of the molecule is S=C(NC1CCCCCC1)N(CCCN1CCOCC1)Cc1ccccn1. The average Bonchev–Trinajstić information content (AvgIpc) is 2.97. The lowest BCUT2D eigenvalue weighted by atomic mass is 10.1. The summed E-state index contributed by atoms with van der Waals surface area (Å²) in [4.78, 5) is 9.30. The highest BCUT2D eigenvalue weighted by molar-refractivity contribution is 7.80. The van der Waals surface area contributed by atoms with Crippen LogP contribution in [0.25, 0.3) is 0 Å². The maximum Gasteiger partial charge on any atom is 0.169 e. The number of hydrogen-bond donors (Lipinski definition) is 1. The lowest BCUT2D eigenvalue weighted by Gasteiger charge is -2.31. The molecule has 27 heavy (non-hydrogen) atoms. The fourth-order valence-electron chi connectivity index (χ4n) is 3.94. The Balaban J connectivity index is 1.53. The minimum absolute atomic E-state index is 0.533. The molecule has 1 aromatic rings. The van der Waals surface area contributed by atoms with Crippen molar-refractivity contribution < 1.29 is 4.74 Å². The Labute approximate surface area is 169 Å². The molecule has 6 heteroatoms. The van der Waals surface area contributed by atoms with Gasteiger partial charge in [0.25, 0.3) is 0 Å². The Hall–Kier alpha value is -1.24. The minimum atomic E-state index is 0.533. The third-order valence-corrected chi connectivity index (χ3v) is 5.93. The van der Waals surface area contributed by atoms with Crippen LogP contribution in [0.3, 0.4) is 0 Å². The Bertz CT molecular complexity index is 542. The van der Waals surface area contributed by atoms with Gasteiger partial charge >= 0.3 is 0 Å². The van der Waals surface area contributed by atoms with Gasteiger partial charge in [0.15, 0.2) is 5.11 Å². The van der Waals surface area contributed by atoms with Crippen molar-refractivity contribution >= 4 is 17.3 Å². The molecule has 3 rings (SSSR count). The fourth-order valence-corrected chi connectivity index (χ4v) is 4.26. The fraction of sp³-hybridized carbons (Fsp3) is 0.714. The number of hydrogen-bond acceptors (Lipinski definition) is 4. The van der Waals surface area contributed by atoms with Crippen LogP contribution < -0.4 is 5.32 Å². The van der Waals surface area contributed by atoms with Gasteiger partial charge < -0.3 is 15.0 Å². The zero-order chi connectivity index (χ0) is 18.7. The summed E-state index contributed by atoms with van der Waals surface area (Å²) in [6.45, 7) is 6.66. The molecule has 2 aliphatic rings. The first-order chi connectivity index (χ1) is 13.3. The normalized spacial score (nSPS) is 19.4. The highest BCUT2D eigenvalue weighted by Crippen LogP contribution is 2.18. The molecule has 2 heterocycles. The van der Waals surface area contributed by atoms with Gasteiger partial charge in [0.2, 0.25) is 0 Å². The molecule has 2 fully saturated rings. The predicted octanol–water partition coefficient (Wildman–Crippen LogP) is 3.20. The van der Waals surface area contributed by atoms with Gasteiger partial charge in [-0.3, -0.25) is 9.88 Å². The van der Waals surface area contributed by atoms with Crippen molar-refractivity contribution in [2.24, 2.45) is 0 Å². The van der Waals surface area contributed by atoms with E-state index in [-0.39, 0.29) is 0 Å². The summed E-state index contributed by atoms with van der Waals surface area (Å²) < 4.78 is 5.45. The molecule has 1 saturated heterocycles. The molecule has 0 aromatic carbocycles. The number of pyridine rings is 1. The van der Waals surface area contributed by atoms with Gasteiger partial charge in [-0.15, -0.1) is 0 Å². The standard InChI is InChI=1S/C21H34N4OS/c27-21(23-19-8-3-1-2-4-9-19)25(18-20-10-5-6-11-22-20)13-7-12-24-14-16-26-17-15-24/h5-6,10-11,19H,1-4,7-9,12-18H2,(H,23,27). The zero-order valence-corrected chi connectivity index (χ0v) is 17.3. The van der Waals surface area contributed by atoms with Crippen molar-refractivity contribution in [1.82, 2.24) is 20.1 Å². The first-order valence-electron chi connectivity index (χ1n) is 10.6. The quantitative estimate of drug-likeness (QED) is 0.570. The molecule has 5 nitrogen and oxygen atoms in total. The lowest BCUT2D eigenvalue weighted by molar-refractivity contribution is 0.0367. The molecule has 0 unspecified atom stereocenters. The van der Waals surface area contributed by atoms with E-state index in [0.717, 1.165) is 63.2 Å². The third-order valence-electron chi connectivity index (χ3n) is 5.56. The maximum atomic E-state index is 5.82. The smallest absolute Gasteiger partial charge is 0.169 e. The summed E-state index contributed by atoms with van der Waals surface area (Å²) in [6, 6.07) is 6.64. The molecule has 0 bridgehead atoms. The monoisotopic (exact) mass is 390 g/mol. The van der Waals surface area contributed by atoms with Crippen molar-refractivity contribution in [3.05, 3.63) is 30.1 Å². The molecule has 1 aliphatic heterocycles. The van der Waals surface area contributed by atoms with Gasteiger partial charge in [-0.1, -0.05) is 31.7 Å². The second kappa shape index (κ2) is 11.6. The molecule has 0 atom stereocenters. The molecule has 1 aromatic heterocycles. The summed E-state index contributed by atoms with van der Waals surface area (Å²) >= 11 is 5.82. The van der Waals surface area contributed by atoms with Crippen LogP contribution in [0.15, 0.2) is 24.4 Å². The Morgan fingerprint density at radius 1 is 1.19 bits per heavy atom. The molecule has 1 N–H and O–H groups in total. The Kier molecular flexibility index (Phi) is 8.78. The number of aromatic nitrogens is 1. The molecular formula is C21H34N4OS. The van der Waals surface area contributed by atoms with Crippen LogP contribution in [0.5, 0.6) is 0 Å². The van der Waals surface area contributed by atoms with Crippen LogP contribution in [0.4, 0.5) is 0 Å². The van der Waals surface area contributed by atoms with Crippen LogP contribution in [0.2, 0.25) is 0 Å². The summed E-state index contributed by atoms with van der Waals surface area (Å²) in [5.41, 5.74) is 1.08. The lowest BCUT2D eigenvalue weighted by Crippen LogP contribution is -2.45. The summed E-state index contributed by atoms with van der Waals surface area (Å²) in [5, 5.41) is 4.56. The van der Waals surface area contributed by atoms with Crippen LogP contribution in [-0.4, -0.2) is 65.3 Å². The average molecular weight is 391 g/mol. The van der Waals surface area contributed by atoms with Gasteiger partial charge in [0.05, 0.1) is 25.5 Å². The van der Waals surface area contributed by atoms with Gasteiger partial charge in [-0.05, 0) is 43.6 Å². The molecule has 150 valence electrons. The van der Waals surface area contributed by atoms with Gasteiger partial charge in [-0.2, -0.15) is 0 Å². The number of morpholine rings is 1. The molecular weight excluding hydrogens is 356 g/mol. The van der Waals surface area contributed by atoms with Crippen LogP contribution >= 0.6 is 12.2 Å². The topological polar surface area (TPSA) is 40.6 Å². The van der Waals surface area contributed by atoms with E-state index in [4.69, 9.17) is 17.0 Å². The van der Waals surface area contributed by atoms with Gasteiger partial charge in [0, 0.05) is 38.4 Å². The molecule has 0 amide bonds. The van der Waals surface area contributed by atoms with E-state index < -0.39 is 0 Å². The summed E-state index contributed by atoms with van der Waals surface area (Å²) in [6.07, 6.45) is 10.8. The predicted molar refractivity (Wildman–Crippen MR) is 114 cm³/mol. The highest BCUT2D eigenvalue weighted by atomic mass is 32.1. The van der Waals surface area contributed by atoms with Gasteiger partial charge in [-0.25, -0.2) is 0 Å². The number of nitrogens with zero attached hydrogens (tertiary/aromatic N) is 3. The van der Waals surface area contributed by atoms with E-state index in [1.807, 2.05) is 12.3 Å². The number of thiocarbonyl (C=S) groups is 1. The molecule has 1 saturated carbocycles. The second-order valence-corrected chi connectivity index (χ2v) is 8.07. The van der Waals surface area contributed by atoms with E-state index in [0.29, 0.717) is 6.04 Å². The van der Waals surface area contributed by atoms with E-state index >= 15 is 0 Å². The van der Waals surface area contributed by atoms with Crippen molar-refractivity contribution in [2.45, 2.75) is 57.5 Å². The number of nitrogens with one attached hydrogen (secondary N) is 1.